The summed E-state index contributed by atoms with van der Waals surface area (Å²) >= 11 is 0. The van der Waals surface area contributed by atoms with Gasteiger partial charge in [-0.1, -0.05) is 12.8 Å². The Kier molecular flexibility index (Phi) is 5.50. The van der Waals surface area contributed by atoms with Crippen molar-refractivity contribution in [1.82, 2.24) is 19.1 Å². The number of nitrogens with one attached hydrogen (secondary N) is 1. The maximum Gasteiger partial charge on any atom is 0.270 e. The lowest BCUT2D eigenvalue weighted by atomic mass is 9.91. The Hall–Kier alpha value is -3.70. The fourth-order valence-corrected chi connectivity index (χ4v) is 5.83. The van der Waals surface area contributed by atoms with Gasteiger partial charge in [0.2, 0.25) is 5.95 Å². The monoisotopic (exact) mass is 467 g/mol. The van der Waals surface area contributed by atoms with Crippen LogP contribution in [0.25, 0.3) is 21.9 Å². The molecular weight excluding hydrogens is 438 g/mol. The average molecular weight is 468 g/mol. The number of nitrogens with two attached hydrogens (primary N) is 1. The Bertz CT molecular complexity index is 1500. The third-order valence-corrected chi connectivity index (χ3v) is 7.69. The molecular formula is C27H29N7O. The Morgan fingerprint density at radius 3 is 2.57 bits per heavy atom. The van der Waals surface area contributed by atoms with Gasteiger partial charge in [-0.05, 0) is 68.9 Å². The number of benzene rings is 1. The number of hydrogen-bond acceptors (Lipinski definition) is 6. The van der Waals surface area contributed by atoms with Crippen LogP contribution in [0.15, 0.2) is 47.5 Å². The molecule has 4 aromatic rings. The standard InChI is InChI=1S/C27H29N7O/c28-15-18-13-19-16-30-27(32-25(19)34(26(18)35)23-3-1-2-4-23)31-21-7-10-24-17(14-21)11-12-33(24)22-8-5-20(29)6-9-22/h7,10-14,16,20,22-23H,1-6,8-9,29H2,(H,30,31,32). The van der Waals surface area contributed by atoms with Crippen molar-refractivity contribution in [2.24, 2.45) is 5.73 Å². The summed E-state index contributed by atoms with van der Waals surface area (Å²) in [6.07, 6.45) is 12.3. The van der Waals surface area contributed by atoms with E-state index in [1.54, 1.807) is 16.8 Å². The molecule has 2 fully saturated rings. The second kappa shape index (κ2) is 8.82. The third-order valence-electron chi connectivity index (χ3n) is 7.69. The van der Waals surface area contributed by atoms with Gasteiger partial charge in [0.15, 0.2) is 0 Å². The molecule has 0 spiro atoms. The molecule has 0 aliphatic heterocycles. The van der Waals surface area contributed by atoms with Gasteiger partial charge in [0, 0.05) is 52.5 Å². The molecule has 178 valence electrons. The van der Waals surface area contributed by atoms with Crippen molar-refractivity contribution >= 4 is 33.6 Å². The van der Waals surface area contributed by atoms with Crippen LogP contribution in [0, 0.1) is 11.3 Å². The first kappa shape index (κ1) is 21.8. The molecule has 3 heterocycles. The van der Waals surface area contributed by atoms with Gasteiger partial charge in [0.1, 0.15) is 17.3 Å². The summed E-state index contributed by atoms with van der Waals surface area (Å²) < 4.78 is 4.09. The number of nitriles is 1. The van der Waals surface area contributed by atoms with Crippen molar-refractivity contribution in [3.8, 4) is 6.07 Å². The minimum Gasteiger partial charge on any atom is -0.344 e. The Morgan fingerprint density at radius 1 is 1.00 bits per heavy atom. The summed E-state index contributed by atoms with van der Waals surface area (Å²) in [5, 5.41) is 14.6. The normalized spacial score (nSPS) is 20.9. The van der Waals surface area contributed by atoms with Crippen molar-refractivity contribution in [1.29, 1.82) is 5.26 Å². The second-order valence-corrected chi connectivity index (χ2v) is 9.95. The number of aromatic nitrogens is 4. The van der Waals surface area contributed by atoms with E-state index in [-0.39, 0.29) is 17.2 Å². The van der Waals surface area contributed by atoms with Crippen LogP contribution in [-0.4, -0.2) is 25.1 Å². The van der Waals surface area contributed by atoms with Crippen LogP contribution in [-0.2, 0) is 0 Å². The Morgan fingerprint density at radius 2 is 1.80 bits per heavy atom. The smallest absolute Gasteiger partial charge is 0.270 e. The van der Waals surface area contributed by atoms with Crippen LogP contribution in [0.2, 0.25) is 0 Å². The predicted molar refractivity (Wildman–Crippen MR) is 137 cm³/mol. The molecule has 8 nitrogen and oxygen atoms in total. The summed E-state index contributed by atoms with van der Waals surface area (Å²) in [7, 11) is 0. The van der Waals surface area contributed by atoms with Crippen molar-refractivity contribution in [3.05, 3.63) is 58.6 Å². The largest absolute Gasteiger partial charge is 0.344 e. The molecule has 3 N–H and O–H groups in total. The molecule has 0 bridgehead atoms. The van der Waals surface area contributed by atoms with Gasteiger partial charge in [-0.15, -0.1) is 0 Å². The summed E-state index contributed by atoms with van der Waals surface area (Å²) in [6.45, 7) is 0. The van der Waals surface area contributed by atoms with Crippen LogP contribution >= 0.6 is 0 Å². The van der Waals surface area contributed by atoms with Gasteiger partial charge in [-0.2, -0.15) is 10.2 Å². The van der Waals surface area contributed by atoms with Gasteiger partial charge in [-0.3, -0.25) is 9.36 Å². The maximum atomic E-state index is 13.0. The van der Waals surface area contributed by atoms with E-state index in [1.807, 2.05) is 12.1 Å². The molecule has 0 amide bonds. The third kappa shape index (κ3) is 3.96. The van der Waals surface area contributed by atoms with Crippen molar-refractivity contribution in [2.45, 2.75) is 69.5 Å². The van der Waals surface area contributed by atoms with E-state index in [0.717, 1.165) is 62.4 Å². The van der Waals surface area contributed by atoms with E-state index < -0.39 is 0 Å². The first-order chi connectivity index (χ1) is 17.1. The van der Waals surface area contributed by atoms with Crippen molar-refractivity contribution in [2.75, 3.05) is 5.32 Å². The molecule has 2 saturated carbocycles. The fraction of sp³-hybridized carbons (Fsp3) is 0.407. The second-order valence-electron chi connectivity index (χ2n) is 9.95. The lowest BCUT2D eigenvalue weighted by Gasteiger charge is -2.28. The minimum atomic E-state index is -0.261. The first-order valence-electron chi connectivity index (χ1n) is 12.6. The molecule has 6 rings (SSSR count). The van der Waals surface area contributed by atoms with Crippen LogP contribution in [0.4, 0.5) is 11.6 Å². The molecule has 3 aromatic heterocycles. The van der Waals surface area contributed by atoms with E-state index in [4.69, 9.17) is 10.7 Å². The van der Waals surface area contributed by atoms with E-state index in [2.05, 4.69) is 39.3 Å². The minimum absolute atomic E-state index is 0.0755. The maximum absolute atomic E-state index is 13.0. The number of fused-ring (bicyclic) bond motifs is 2. The van der Waals surface area contributed by atoms with Crippen molar-refractivity contribution in [3.63, 3.8) is 0 Å². The quantitative estimate of drug-likeness (QED) is 0.440. The first-order valence-corrected chi connectivity index (χ1v) is 12.6. The molecule has 0 unspecified atom stereocenters. The topological polar surface area (TPSA) is 115 Å². The number of hydrogen-bond donors (Lipinski definition) is 2. The molecule has 0 saturated heterocycles. The number of pyridine rings is 1. The zero-order valence-corrected chi connectivity index (χ0v) is 19.7. The molecule has 1 aromatic carbocycles. The molecule has 2 aliphatic carbocycles. The van der Waals surface area contributed by atoms with Gasteiger partial charge in [0.05, 0.1) is 0 Å². The van der Waals surface area contributed by atoms with Crippen LogP contribution in [0.1, 0.15) is 69.0 Å². The zero-order chi connectivity index (χ0) is 23.9. The fourth-order valence-electron chi connectivity index (χ4n) is 5.83. The molecule has 0 radical (unpaired) electrons. The molecule has 2 aliphatic rings. The van der Waals surface area contributed by atoms with E-state index in [0.29, 0.717) is 29.1 Å². The highest BCUT2D eigenvalue weighted by Crippen LogP contribution is 2.33. The van der Waals surface area contributed by atoms with Crippen LogP contribution in [0.5, 0.6) is 0 Å². The summed E-state index contributed by atoms with van der Waals surface area (Å²) in [4.78, 5) is 22.2. The zero-order valence-electron chi connectivity index (χ0n) is 19.7. The Balaban J connectivity index is 1.33. The van der Waals surface area contributed by atoms with Crippen LogP contribution < -0.4 is 16.6 Å². The highest BCUT2D eigenvalue weighted by molar-refractivity contribution is 5.85. The predicted octanol–water partition coefficient (Wildman–Crippen LogP) is 4.92. The number of nitrogens with zero attached hydrogens (tertiary/aromatic N) is 5. The van der Waals surface area contributed by atoms with Crippen molar-refractivity contribution < 1.29 is 0 Å². The number of anilines is 2. The highest BCUT2D eigenvalue weighted by Gasteiger charge is 2.23. The van der Waals surface area contributed by atoms with Gasteiger partial charge < -0.3 is 15.6 Å². The van der Waals surface area contributed by atoms with E-state index in [9.17, 15) is 10.1 Å². The molecule has 0 atom stereocenters. The van der Waals surface area contributed by atoms with Crippen LogP contribution in [0.3, 0.4) is 0 Å². The molecule has 35 heavy (non-hydrogen) atoms. The lowest BCUT2D eigenvalue weighted by Crippen LogP contribution is -2.27. The van der Waals surface area contributed by atoms with Gasteiger partial charge >= 0.3 is 0 Å². The van der Waals surface area contributed by atoms with E-state index >= 15 is 0 Å². The molecule has 8 heteroatoms. The summed E-state index contributed by atoms with van der Waals surface area (Å²) in [5.74, 6) is 0.438. The number of rotatable bonds is 4. The summed E-state index contributed by atoms with van der Waals surface area (Å²) in [6, 6.07) is 13.0. The highest BCUT2D eigenvalue weighted by atomic mass is 16.1. The Labute approximate surface area is 203 Å². The SMILES string of the molecule is N#Cc1cc2cnc(Nc3ccc4c(ccn4C4CCC(N)CC4)c3)nc2n(C2CCCC2)c1=O. The van der Waals surface area contributed by atoms with E-state index in [1.165, 1.54) is 5.52 Å². The average Bonchev–Trinajstić information content (AvgIpc) is 3.54. The summed E-state index contributed by atoms with van der Waals surface area (Å²) in [5.41, 5.74) is 8.67. The van der Waals surface area contributed by atoms with Gasteiger partial charge in [0.25, 0.3) is 5.56 Å². The van der Waals surface area contributed by atoms with Gasteiger partial charge in [-0.25, -0.2) is 4.98 Å². The lowest BCUT2D eigenvalue weighted by molar-refractivity contribution is 0.330.